The van der Waals surface area contributed by atoms with Gasteiger partial charge in [-0.25, -0.2) is 4.39 Å². The summed E-state index contributed by atoms with van der Waals surface area (Å²) in [6.45, 7) is 2.52. The molecule has 0 bridgehead atoms. The molecule has 33 heavy (non-hydrogen) atoms. The molecule has 6 rings (SSSR count). The highest BCUT2D eigenvalue weighted by molar-refractivity contribution is 6.05. The van der Waals surface area contributed by atoms with Crippen LogP contribution in [-0.2, 0) is 16.1 Å². The summed E-state index contributed by atoms with van der Waals surface area (Å²) < 4.78 is 18.3. The molecule has 3 amide bonds. The second-order valence-electron chi connectivity index (χ2n) is 10.2. The van der Waals surface area contributed by atoms with Gasteiger partial charge in [0.1, 0.15) is 18.0 Å². The first-order valence-corrected chi connectivity index (χ1v) is 12.2. The summed E-state index contributed by atoms with van der Waals surface area (Å²) in [6.07, 6.45) is 7.93. The third-order valence-corrected chi connectivity index (χ3v) is 7.66. The SMILES string of the molecule is FC1CC2(CNC2)C1.O=C1CCC(N2Cc3cc(OC4CCCCC4)ccc3C2=O)C(=O)N1. The number of ether oxygens (including phenoxy) is 1. The van der Waals surface area contributed by atoms with Gasteiger partial charge < -0.3 is 15.0 Å². The summed E-state index contributed by atoms with van der Waals surface area (Å²) in [5, 5.41) is 5.48. The molecule has 8 heteroatoms. The van der Waals surface area contributed by atoms with Crippen molar-refractivity contribution in [2.75, 3.05) is 13.1 Å². The molecule has 1 atom stereocenters. The van der Waals surface area contributed by atoms with E-state index in [0.717, 1.165) is 50.1 Å². The van der Waals surface area contributed by atoms with E-state index in [0.29, 0.717) is 23.9 Å². The molecule has 2 N–H and O–H groups in total. The van der Waals surface area contributed by atoms with Gasteiger partial charge in [-0.3, -0.25) is 19.7 Å². The van der Waals surface area contributed by atoms with E-state index in [2.05, 4.69) is 10.6 Å². The van der Waals surface area contributed by atoms with E-state index >= 15 is 0 Å². The third kappa shape index (κ3) is 4.63. The van der Waals surface area contributed by atoms with Gasteiger partial charge in [0.05, 0.1) is 6.10 Å². The molecule has 178 valence electrons. The van der Waals surface area contributed by atoms with Crippen LogP contribution in [-0.4, -0.2) is 54.0 Å². The molecule has 7 nitrogen and oxygen atoms in total. The Morgan fingerprint density at radius 3 is 2.39 bits per heavy atom. The van der Waals surface area contributed by atoms with Crippen molar-refractivity contribution in [2.24, 2.45) is 5.41 Å². The van der Waals surface area contributed by atoms with Crippen molar-refractivity contribution in [1.29, 1.82) is 0 Å². The summed E-state index contributed by atoms with van der Waals surface area (Å²) in [5.41, 5.74) is 1.95. The fraction of sp³-hybridized carbons (Fsp3) is 0.640. The lowest BCUT2D eigenvalue weighted by Gasteiger charge is -2.51. The Labute approximate surface area is 193 Å². The van der Waals surface area contributed by atoms with E-state index in [-0.39, 0.29) is 30.2 Å². The molecule has 4 fully saturated rings. The Balaban J connectivity index is 0.000000238. The van der Waals surface area contributed by atoms with Crippen LogP contribution in [0.25, 0.3) is 0 Å². The highest BCUT2D eigenvalue weighted by Crippen LogP contribution is 2.45. The number of nitrogens with one attached hydrogen (secondary N) is 2. The number of nitrogens with zero attached hydrogens (tertiary/aromatic N) is 1. The highest BCUT2D eigenvalue weighted by Gasteiger charge is 2.48. The Morgan fingerprint density at radius 1 is 1.03 bits per heavy atom. The van der Waals surface area contributed by atoms with Crippen molar-refractivity contribution < 1.29 is 23.5 Å². The number of hydrogen-bond donors (Lipinski definition) is 2. The van der Waals surface area contributed by atoms with Crippen LogP contribution in [0.4, 0.5) is 4.39 Å². The van der Waals surface area contributed by atoms with Gasteiger partial charge in [-0.2, -0.15) is 0 Å². The molecule has 1 aromatic carbocycles. The quantitative estimate of drug-likeness (QED) is 0.682. The second-order valence-corrected chi connectivity index (χ2v) is 10.2. The molecule has 0 radical (unpaired) electrons. The van der Waals surface area contributed by atoms with Crippen LogP contribution in [0.3, 0.4) is 0 Å². The molecule has 5 aliphatic rings. The summed E-state index contributed by atoms with van der Waals surface area (Å²) in [6, 6.07) is 5.00. The molecule has 3 aliphatic heterocycles. The first-order valence-electron chi connectivity index (χ1n) is 12.2. The summed E-state index contributed by atoms with van der Waals surface area (Å²) in [4.78, 5) is 37.6. The standard InChI is InChI=1S/C19H22N2O4.C6H10FN/c22-17-9-8-16(18(23)20-17)21-11-12-10-14(6-7-15(12)19(21)24)25-13-4-2-1-3-5-13;7-5-1-6(2-5)3-8-4-6/h6-7,10,13,16H,1-5,8-9,11H2,(H,20,22,23);5,8H,1-4H2. The van der Waals surface area contributed by atoms with Crippen LogP contribution < -0.4 is 15.4 Å². The minimum absolute atomic E-state index is 0.145. The van der Waals surface area contributed by atoms with Crippen molar-refractivity contribution >= 4 is 17.7 Å². The maximum absolute atomic E-state index is 12.6. The van der Waals surface area contributed by atoms with E-state index in [1.165, 1.54) is 19.3 Å². The van der Waals surface area contributed by atoms with Gasteiger partial charge in [0.25, 0.3) is 5.91 Å². The van der Waals surface area contributed by atoms with Gasteiger partial charge in [0.15, 0.2) is 0 Å². The minimum atomic E-state index is -0.569. The first kappa shape index (κ1) is 22.3. The number of halogens is 1. The van der Waals surface area contributed by atoms with E-state index in [1.54, 1.807) is 11.0 Å². The molecular formula is C25H32FN3O4. The maximum Gasteiger partial charge on any atom is 0.255 e. The number of carbonyl (C=O) groups is 3. The van der Waals surface area contributed by atoms with Crippen LogP contribution in [0.2, 0.25) is 0 Å². The Hall–Kier alpha value is -2.48. The summed E-state index contributed by atoms with van der Waals surface area (Å²) in [5.74, 6) is 0.00181. The number of carbonyl (C=O) groups excluding carboxylic acids is 3. The zero-order chi connectivity index (χ0) is 23.0. The van der Waals surface area contributed by atoms with Crippen molar-refractivity contribution in [1.82, 2.24) is 15.5 Å². The fourth-order valence-electron chi connectivity index (χ4n) is 5.65. The number of amides is 3. The molecule has 0 aromatic heterocycles. The van der Waals surface area contributed by atoms with Crippen LogP contribution in [0.5, 0.6) is 5.75 Å². The molecule has 3 heterocycles. The van der Waals surface area contributed by atoms with Gasteiger partial charge in [-0.05, 0) is 68.7 Å². The number of rotatable bonds is 3. The second kappa shape index (κ2) is 9.05. The van der Waals surface area contributed by atoms with E-state index < -0.39 is 12.2 Å². The van der Waals surface area contributed by atoms with E-state index in [1.807, 2.05) is 12.1 Å². The predicted molar refractivity (Wildman–Crippen MR) is 119 cm³/mol. The minimum Gasteiger partial charge on any atom is -0.490 e. The van der Waals surface area contributed by atoms with Crippen LogP contribution in [0.1, 0.15) is 73.7 Å². The third-order valence-electron chi connectivity index (χ3n) is 7.66. The number of fused-ring (bicyclic) bond motifs is 1. The average molecular weight is 458 g/mol. The van der Waals surface area contributed by atoms with E-state index in [9.17, 15) is 18.8 Å². The Bertz CT molecular complexity index is 934. The number of hydrogen-bond acceptors (Lipinski definition) is 5. The molecule has 1 unspecified atom stereocenters. The smallest absolute Gasteiger partial charge is 0.255 e. The van der Waals surface area contributed by atoms with Crippen LogP contribution in [0, 0.1) is 5.41 Å². The molecule has 2 aliphatic carbocycles. The van der Waals surface area contributed by atoms with Crippen LogP contribution >= 0.6 is 0 Å². The van der Waals surface area contributed by atoms with Gasteiger partial charge >= 0.3 is 0 Å². The fourth-order valence-corrected chi connectivity index (χ4v) is 5.65. The topological polar surface area (TPSA) is 87.7 Å². The number of imide groups is 1. The van der Waals surface area contributed by atoms with Gasteiger partial charge in [-0.15, -0.1) is 0 Å². The number of alkyl halides is 1. The highest BCUT2D eigenvalue weighted by atomic mass is 19.1. The lowest BCUT2D eigenvalue weighted by molar-refractivity contribution is -0.136. The van der Waals surface area contributed by atoms with Crippen molar-refractivity contribution in [3.05, 3.63) is 29.3 Å². The van der Waals surface area contributed by atoms with Crippen molar-refractivity contribution in [3.63, 3.8) is 0 Å². The lowest BCUT2D eigenvalue weighted by Crippen LogP contribution is -2.60. The zero-order valence-electron chi connectivity index (χ0n) is 18.9. The lowest BCUT2D eigenvalue weighted by atomic mass is 9.63. The van der Waals surface area contributed by atoms with Gasteiger partial charge in [0.2, 0.25) is 11.8 Å². The maximum atomic E-state index is 12.6. The monoisotopic (exact) mass is 457 g/mol. The molecule has 1 aromatic rings. The molecule has 2 saturated heterocycles. The normalized spacial score (nSPS) is 26.6. The summed E-state index contributed by atoms with van der Waals surface area (Å²) >= 11 is 0. The van der Waals surface area contributed by atoms with Crippen molar-refractivity contribution in [2.45, 2.75) is 82.6 Å². The predicted octanol–water partition coefficient (Wildman–Crippen LogP) is 2.87. The molecular weight excluding hydrogens is 425 g/mol. The van der Waals surface area contributed by atoms with Crippen LogP contribution in [0.15, 0.2) is 18.2 Å². The van der Waals surface area contributed by atoms with E-state index in [4.69, 9.17) is 4.74 Å². The van der Waals surface area contributed by atoms with Gasteiger partial charge in [0, 0.05) is 37.0 Å². The Kier molecular flexibility index (Phi) is 6.12. The number of benzene rings is 1. The molecule has 1 spiro atoms. The first-order chi connectivity index (χ1) is 15.9. The van der Waals surface area contributed by atoms with Gasteiger partial charge in [-0.1, -0.05) is 6.42 Å². The summed E-state index contributed by atoms with van der Waals surface area (Å²) in [7, 11) is 0. The molecule has 2 saturated carbocycles. The largest absolute Gasteiger partial charge is 0.490 e. The Morgan fingerprint density at radius 2 is 1.79 bits per heavy atom. The zero-order valence-corrected chi connectivity index (χ0v) is 18.9. The number of piperidine rings is 1. The van der Waals surface area contributed by atoms with Crippen molar-refractivity contribution in [3.8, 4) is 5.75 Å². The average Bonchev–Trinajstić information content (AvgIpc) is 3.07.